The molecule has 3 nitrogen and oxygen atoms in total. The number of fused-ring (bicyclic) bond motifs is 1. The predicted molar refractivity (Wildman–Crippen MR) is 116 cm³/mol. The quantitative estimate of drug-likeness (QED) is 0.431. The first-order valence-corrected chi connectivity index (χ1v) is 9.88. The van der Waals surface area contributed by atoms with Crippen LogP contribution in [0, 0.1) is 13.8 Å². The summed E-state index contributed by atoms with van der Waals surface area (Å²) in [4.78, 5) is 12.6. The number of hydrogen-bond acceptors (Lipinski definition) is 3. The van der Waals surface area contributed by atoms with Crippen LogP contribution in [0.2, 0.25) is 10.0 Å². The van der Waals surface area contributed by atoms with E-state index in [1.807, 2.05) is 0 Å². The number of ketones is 1. The Hall–Kier alpha value is -2.75. The first-order valence-electron chi connectivity index (χ1n) is 9.13. The zero-order valence-corrected chi connectivity index (χ0v) is 17.5. The van der Waals surface area contributed by atoms with Crippen molar-refractivity contribution < 1.29 is 14.3 Å². The van der Waals surface area contributed by atoms with Crippen molar-refractivity contribution in [1.29, 1.82) is 0 Å². The summed E-state index contributed by atoms with van der Waals surface area (Å²) in [5, 5.41) is 0.986. The molecule has 146 valence electrons. The average molecular weight is 425 g/mol. The van der Waals surface area contributed by atoms with Gasteiger partial charge in [0.2, 0.25) is 5.78 Å². The van der Waals surface area contributed by atoms with Gasteiger partial charge in [0.15, 0.2) is 5.76 Å². The fourth-order valence-corrected chi connectivity index (χ4v) is 3.60. The zero-order valence-electron chi connectivity index (χ0n) is 16.0. The van der Waals surface area contributed by atoms with Crippen molar-refractivity contribution in [3.8, 4) is 11.5 Å². The number of ether oxygens (including phenoxy) is 2. The molecule has 3 aromatic carbocycles. The summed E-state index contributed by atoms with van der Waals surface area (Å²) in [5.74, 6) is 1.15. The lowest BCUT2D eigenvalue weighted by atomic mass is 10.1. The second kappa shape index (κ2) is 7.94. The van der Waals surface area contributed by atoms with Crippen LogP contribution in [0.5, 0.6) is 11.5 Å². The van der Waals surface area contributed by atoms with E-state index in [0.29, 0.717) is 39.3 Å². The van der Waals surface area contributed by atoms with Crippen molar-refractivity contribution in [2.24, 2.45) is 0 Å². The number of carbonyl (C=O) groups is 1. The highest BCUT2D eigenvalue weighted by molar-refractivity contribution is 6.35. The molecule has 0 fully saturated rings. The number of hydrogen-bond donors (Lipinski definition) is 0. The third-order valence-corrected chi connectivity index (χ3v) is 5.35. The SMILES string of the molecule is Cc1ccc(C)c(COc2ccc3c(c2)OC(=Cc2ccc(Cl)cc2Cl)C3=O)c1. The third-order valence-electron chi connectivity index (χ3n) is 4.79. The molecule has 0 N–H and O–H groups in total. The average Bonchev–Trinajstić information content (AvgIpc) is 3.00. The van der Waals surface area contributed by atoms with Gasteiger partial charge in [-0.1, -0.05) is 53.0 Å². The fraction of sp³-hybridized carbons (Fsp3) is 0.125. The van der Waals surface area contributed by atoms with Crippen LogP contribution in [0.25, 0.3) is 6.08 Å². The molecule has 0 saturated carbocycles. The van der Waals surface area contributed by atoms with E-state index in [9.17, 15) is 4.79 Å². The summed E-state index contributed by atoms with van der Waals surface area (Å²) in [5.41, 5.74) is 4.65. The third kappa shape index (κ3) is 4.16. The van der Waals surface area contributed by atoms with E-state index in [1.54, 1.807) is 42.5 Å². The molecule has 0 saturated heterocycles. The number of benzene rings is 3. The second-order valence-corrected chi connectivity index (χ2v) is 7.83. The van der Waals surface area contributed by atoms with Crippen LogP contribution in [0.1, 0.15) is 32.6 Å². The lowest BCUT2D eigenvalue weighted by molar-refractivity contribution is 0.101. The van der Waals surface area contributed by atoms with Crippen LogP contribution >= 0.6 is 23.2 Å². The van der Waals surface area contributed by atoms with Crippen molar-refractivity contribution in [3.05, 3.63) is 98.2 Å². The first kappa shape index (κ1) is 19.6. The van der Waals surface area contributed by atoms with E-state index in [-0.39, 0.29) is 11.5 Å². The Labute approximate surface area is 179 Å². The Balaban J connectivity index is 1.54. The number of carbonyl (C=O) groups excluding carboxylic acids is 1. The van der Waals surface area contributed by atoms with Crippen LogP contribution in [0.15, 0.2) is 60.4 Å². The summed E-state index contributed by atoms with van der Waals surface area (Å²) < 4.78 is 11.7. The Bertz CT molecular complexity index is 1150. The molecule has 0 spiro atoms. The maximum atomic E-state index is 12.6. The van der Waals surface area contributed by atoms with Gasteiger partial charge in [-0.15, -0.1) is 0 Å². The largest absolute Gasteiger partial charge is 0.489 e. The molecule has 0 atom stereocenters. The number of halogens is 2. The summed E-state index contributed by atoms with van der Waals surface area (Å²) in [6.45, 7) is 4.56. The minimum absolute atomic E-state index is 0.188. The van der Waals surface area contributed by atoms with Gasteiger partial charge < -0.3 is 9.47 Å². The molecule has 1 aliphatic heterocycles. The molecular weight excluding hydrogens is 407 g/mol. The summed E-state index contributed by atoms with van der Waals surface area (Å²) in [6.07, 6.45) is 1.62. The number of Topliss-reactive ketones (excluding diaryl/α,β-unsaturated/α-hetero) is 1. The molecule has 29 heavy (non-hydrogen) atoms. The lowest BCUT2D eigenvalue weighted by Gasteiger charge is -2.10. The van der Waals surface area contributed by atoms with Gasteiger partial charge in [-0.2, -0.15) is 0 Å². The zero-order chi connectivity index (χ0) is 20.5. The van der Waals surface area contributed by atoms with Crippen LogP contribution in [-0.2, 0) is 6.61 Å². The van der Waals surface area contributed by atoms with Gasteiger partial charge in [-0.25, -0.2) is 0 Å². The molecular formula is C24H18Cl2O3. The van der Waals surface area contributed by atoms with Crippen molar-refractivity contribution in [2.45, 2.75) is 20.5 Å². The standard InChI is InChI=1S/C24H18Cl2O3/c1-14-3-4-15(2)17(9-14)13-28-19-7-8-20-22(12-19)29-23(24(20)27)10-16-5-6-18(25)11-21(16)26/h3-12H,13H2,1-2H3. The molecule has 0 radical (unpaired) electrons. The number of aryl methyl sites for hydroxylation is 2. The number of rotatable bonds is 4. The van der Waals surface area contributed by atoms with Gasteiger partial charge in [0.25, 0.3) is 0 Å². The molecule has 0 unspecified atom stereocenters. The normalized spacial score (nSPS) is 14.1. The lowest BCUT2D eigenvalue weighted by Crippen LogP contribution is -1.99. The minimum atomic E-state index is -0.188. The van der Waals surface area contributed by atoms with Crippen molar-refractivity contribution in [1.82, 2.24) is 0 Å². The Morgan fingerprint density at radius 1 is 1.00 bits per heavy atom. The van der Waals surface area contributed by atoms with Gasteiger partial charge >= 0.3 is 0 Å². The van der Waals surface area contributed by atoms with Gasteiger partial charge in [0, 0.05) is 16.1 Å². The van der Waals surface area contributed by atoms with Gasteiger partial charge in [-0.3, -0.25) is 4.79 Å². The van der Waals surface area contributed by atoms with Crippen LogP contribution in [0.3, 0.4) is 0 Å². The van der Waals surface area contributed by atoms with Crippen molar-refractivity contribution in [2.75, 3.05) is 0 Å². The fourth-order valence-electron chi connectivity index (χ4n) is 3.13. The Kier molecular flexibility index (Phi) is 5.35. The molecule has 4 rings (SSSR count). The molecule has 1 aliphatic rings. The van der Waals surface area contributed by atoms with Crippen molar-refractivity contribution in [3.63, 3.8) is 0 Å². The van der Waals surface area contributed by atoms with E-state index >= 15 is 0 Å². The van der Waals surface area contributed by atoms with Gasteiger partial charge in [0.05, 0.1) is 5.56 Å². The summed E-state index contributed by atoms with van der Waals surface area (Å²) >= 11 is 12.1. The van der Waals surface area contributed by atoms with E-state index in [0.717, 1.165) is 5.56 Å². The van der Waals surface area contributed by atoms with Gasteiger partial charge in [0.1, 0.15) is 18.1 Å². The maximum Gasteiger partial charge on any atom is 0.231 e. The molecule has 0 aliphatic carbocycles. The smallest absolute Gasteiger partial charge is 0.231 e. The number of allylic oxidation sites excluding steroid dienone is 1. The van der Waals surface area contributed by atoms with E-state index in [2.05, 4.69) is 32.0 Å². The van der Waals surface area contributed by atoms with E-state index in [4.69, 9.17) is 32.7 Å². The summed E-state index contributed by atoms with van der Waals surface area (Å²) in [7, 11) is 0. The molecule has 0 aromatic heterocycles. The summed E-state index contributed by atoms with van der Waals surface area (Å²) in [6, 6.07) is 16.6. The predicted octanol–water partition coefficient (Wildman–Crippen LogP) is 6.81. The molecule has 0 amide bonds. The first-order chi connectivity index (χ1) is 13.9. The minimum Gasteiger partial charge on any atom is -0.489 e. The Morgan fingerprint density at radius 2 is 1.83 bits per heavy atom. The maximum absolute atomic E-state index is 12.6. The highest BCUT2D eigenvalue weighted by Crippen LogP contribution is 2.36. The van der Waals surface area contributed by atoms with Gasteiger partial charge in [-0.05, 0) is 60.9 Å². The highest BCUT2D eigenvalue weighted by Gasteiger charge is 2.28. The highest BCUT2D eigenvalue weighted by atomic mass is 35.5. The molecule has 3 aromatic rings. The Morgan fingerprint density at radius 3 is 2.62 bits per heavy atom. The molecule has 1 heterocycles. The monoisotopic (exact) mass is 424 g/mol. The van der Waals surface area contributed by atoms with Crippen LogP contribution in [-0.4, -0.2) is 5.78 Å². The van der Waals surface area contributed by atoms with E-state index in [1.165, 1.54) is 11.1 Å². The van der Waals surface area contributed by atoms with Crippen LogP contribution < -0.4 is 9.47 Å². The van der Waals surface area contributed by atoms with Crippen LogP contribution in [0.4, 0.5) is 0 Å². The van der Waals surface area contributed by atoms with Crippen molar-refractivity contribution >= 4 is 35.1 Å². The van der Waals surface area contributed by atoms with E-state index < -0.39 is 0 Å². The second-order valence-electron chi connectivity index (χ2n) is 6.98. The topological polar surface area (TPSA) is 35.5 Å². The molecule has 5 heteroatoms. The molecule has 0 bridgehead atoms.